The van der Waals surface area contributed by atoms with Gasteiger partial charge in [0.1, 0.15) is 6.04 Å². The van der Waals surface area contributed by atoms with Gasteiger partial charge in [-0.3, -0.25) is 14.9 Å². The van der Waals surface area contributed by atoms with Crippen molar-refractivity contribution in [1.29, 1.82) is 0 Å². The second-order valence-electron chi connectivity index (χ2n) is 4.64. The Morgan fingerprint density at radius 3 is 3.00 bits per heavy atom. The summed E-state index contributed by atoms with van der Waals surface area (Å²) in [6.07, 6.45) is 0. The number of amides is 2. The number of carbonyl (C=O) groups excluding carboxylic acids is 2. The molecular weight excluding hydrogens is 262 g/mol. The standard InChI is InChI=1S/C13H15N3O4/c17-12-6-14-9(5-15-12)13(18)16-4-8-1-2-10-11(3-8)20-7-19-10/h1-3,9,14H,4-7H2,(H,15,17)(H,16,18). The van der Waals surface area contributed by atoms with Crippen LogP contribution in [0.3, 0.4) is 0 Å². The number of hydrogen-bond donors (Lipinski definition) is 3. The minimum atomic E-state index is -0.387. The molecule has 2 aliphatic rings. The smallest absolute Gasteiger partial charge is 0.239 e. The van der Waals surface area contributed by atoms with Crippen molar-refractivity contribution in [3.8, 4) is 11.5 Å². The number of nitrogens with one attached hydrogen (secondary N) is 3. The molecule has 0 saturated carbocycles. The van der Waals surface area contributed by atoms with Gasteiger partial charge in [0.15, 0.2) is 11.5 Å². The Bertz CT molecular complexity index is 536. The van der Waals surface area contributed by atoms with Crippen LogP contribution < -0.4 is 25.4 Å². The molecule has 3 N–H and O–H groups in total. The van der Waals surface area contributed by atoms with Crippen LogP contribution in [0.25, 0.3) is 0 Å². The SMILES string of the molecule is O=C1CNC(C(=O)NCc2ccc3c(c2)OCO3)CN1. The van der Waals surface area contributed by atoms with Crippen LogP contribution in [0.4, 0.5) is 0 Å². The lowest BCUT2D eigenvalue weighted by Gasteiger charge is -2.23. The lowest BCUT2D eigenvalue weighted by molar-refractivity contribution is -0.126. The van der Waals surface area contributed by atoms with Gasteiger partial charge in [-0.05, 0) is 17.7 Å². The van der Waals surface area contributed by atoms with E-state index in [1.165, 1.54) is 0 Å². The molecule has 7 nitrogen and oxygen atoms in total. The predicted octanol–water partition coefficient (Wildman–Crippen LogP) is -0.880. The summed E-state index contributed by atoms with van der Waals surface area (Å²) in [6.45, 7) is 1.12. The highest BCUT2D eigenvalue weighted by Crippen LogP contribution is 2.32. The fourth-order valence-electron chi connectivity index (χ4n) is 2.12. The number of benzene rings is 1. The van der Waals surface area contributed by atoms with Gasteiger partial charge in [0.05, 0.1) is 6.54 Å². The van der Waals surface area contributed by atoms with Crippen LogP contribution in [-0.2, 0) is 16.1 Å². The fraction of sp³-hybridized carbons (Fsp3) is 0.385. The molecule has 1 saturated heterocycles. The van der Waals surface area contributed by atoms with Crippen molar-refractivity contribution >= 4 is 11.8 Å². The quantitative estimate of drug-likeness (QED) is 0.667. The number of carbonyl (C=O) groups is 2. The van der Waals surface area contributed by atoms with Crippen LogP contribution in [-0.4, -0.2) is 37.7 Å². The Morgan fingerprint density at radius 2 is 2.20 bits per heavy atom. The first-order valence-electron chi connectivity index (χ1n) is 6.39. The van der Waals surface area contributed by atoms with Gasteiger partial charge in [-0.1, -0.05) is 6.07 Å². The van der Waals surface area contributed by atoms with Gasteiger partial charge in [-0.15, -0.1) is 0 Å². The van der Waals surface area contributed by atoms with Crippen LogP contribution in [0.5, 0.6) is 11.5 Å². The number of hydrogen-bond acceptors (Lipinski definition) is 5. The summed E-state index contributed by atoms with van der Waals surface area (Å²) in [6, 6.07) is 5.16. The van der Waals surface area contributed by atoms with E-state index in [0.29, 0.717) is 18.8 Å². The summed E-state index contributed by atoms with van der Waals surface area (Å²) in [5.41, 5.74) is 0.933. The number of piperazine rings is 1. The lowest BCUT2D eigenvalue weighted by Crippen LogP contribution is -2.57. The van der Waals surface area contributed by atoms with E-state index < -0.39 is 0 Å². The van der Waals surface area contributed by atoms with Gasteiger partial charge in [0, 0.05) is 13.1 Å². The molecule has 2 heterocycles. The molecule has 0 radical (unpaired) electrons. The summed E-state index contributed by atoms with van der Waals surface area (Å²) in [7, 11) is 0. The molecule has 0 spiro atoms. The Morgan fingerprint density at radius 1 is 1.35 bits per heavy atom. The van der Waals surface area contributed by atoms with Crippen molar-refractivity contribution in [3.05, 3.63) is 23.8 Å². The normalized spacial score (nSPS) is 20.4. The highest BCUT2D eigenvalue weighted by molar-refractivity contribution is 5.86. The lowest BCUT2D eigenvalue weighted by atomic mass is 10.2. The Kier molecular flexibility index (Phi) is 3.42. The molecule has 0 aromatic heterocycles. The largest absolute Gasteiger partial charge is 0.454 e. The van der Waals surface area contributed by atoms with E-state index in [1.807, 2.05) is 18.2 Å². The van der Waals surface area contributed by atoms with E-state index in [0.717, 1.165) is 11.3 Å². The van der Waals surface area contributed by atoms with Gasteiger partial charge in [-0.2, -0.15) is 0 Å². The van der Waals surface area contributed by atoms with Crippen LogP contribution in [0.15, 0.2) is 18.2 Å². The van der Waals surface area contributed by atoms with Gasteiger partial charge in [0.2, 0.25) is 18.6 Å². The number of fused-ring (bicyclic) bond motifs is 1. The second-order valence-corrected chi connectivity index (χ2v) is 4.64. The summed E-state index contributed by atoms with van der Waals surface area (Å²) in [5.74, 6) is 1.18. The molecule has 1 unspecified atom stereocenters. The molecule has 2 aliphatic heterocycles. The Hall–Kier alpha value is -2.28. The molecule has 3 rings (SSSR count). The molecule has 1 aromatic carbocycles. The molecule has 1 atom stereocenters. The molecule has 0 aliphatic carbocycles. The molecule has 1 aromatic rings. The van der Waals surface area contributed by atoms with Gasteiger partial charge in [0.25, 0.3) is 0 Å². The van der Waals surface area contributed by atoms with E-state index in [9.17, 15) is 9.59 Å². The first-order valence-corrected chi connectivity index (χ1v) is 6.39. The van der Waals surface area contributed by atoms with Crippen molar-refractivity contribution < 1.29 is 19.1 Å². The average Bonchev–Trinajstić information content (AvgIpc) is 2.93. The Labute approximate surface area is 115 Å². The third kappa shape index (κ3) is 2.67. The zero-order chi connectivity index (χ0) is 13.9. The maximum atomic E-state index is 11.9. The van der Waals surface area contributed by atoms with Gasteiger partial charge < -0.3 is 20.1 Å². The minimum Gasteiger partial charge on any atom is -0.454 e. The van der Waals surface area contributed by atoms with E-state index in [1.54, 1.807) is 0 Å². The highest BCUT2D eigenvalue weighted by Gasteiger charge is 2.23. The third-order valence-electron chi connectivity index (χ3n) is 3.23. The molecule has 20 heavy (non-hydrogen) atoms. The number of ether oxygens (including phenoxy) is 2. The van der Waals surface area contributed by atoms with Crippen LogP contribution in [0.1, 0.15) is 5.56 Å². The fourth-order valence-corrected chi connectivity index (χ4v) is 2.12. The van der Waals surface area contributed by atoms with E-state index >= 15 is 0 Å². The molecular formula is C13H15N3O4. The molecule has 2 amide bonds. The maximum absolute atomic E-state index is 11.9. The zero-order valence-corrected chi connectivity index (χ0v) is 10.8. The highest BCUT2D eigenvalue weighted by atomic mass is 16.7. The van der Waals surface area contributed by atoms with E-state index in [4.69, 9.17) is 9.47 Å². The monoisotopic (exact) mass is 277 g/mol. The summed E-state index contributed by atoms with van der Waals surface area (Å²) >= 11 is 0. The van der Waals surface area contributed by atoms with Crippen LogP contribution in [0.2, 0.25) is 0 Å². The number of rotatable bonds is 3. The molecule has 7 heteroatoms. The summed E-state index contributed by atoms with van der Waals surface area (Å²) in [4.78, 5) is 22.9. The Balaban J connectivity index is 1.54. The van der Waals surface area contributed by atoms with Crippen molar-refractivity contribution in [2.24, 2.45) is 0 Å². The topological polar surface area (TPSA) is 88.7 Å². The zero-order valence-electron chi connectivity index (χ0n) is 10.8. The molecule has 0 bridgehead atoms. The average molecular weight is 277 g/mol. The first-order chi connectivity index (χ1) is 9.72. The van der Waals surface area contributed by atoms with Crippen molar-refractivity contribution in [2.75, 3.05) is 19.9 Å². The van der Waals surface area contributed by atoms with Crippen LogP contribution >= 0.6 is 0 Å². The summed E-state index contributed by atoms with van der Waals surface area (Å²) in [5, 5.41) is 8.35. The van der Waals surface area contributed by atoms with Crippen molar-refractivity contribution in [3.63, 3.8) is 0 Å². The van der Waals surface area contributed by atoms with Crippen molar-refractivity contribution in [1.82, 2.24) is 16.0 Å². The van der Waals surface area contributed by atoms with Crippen molar-refractivity contribution in [2.45, 2.75) is 12.6 Å². The van der Waals surface area contributed by atoms with Gasteiger partial charge >= 0.3 is 0 Å². The summed E-state index contributed by atoms with van der Waals surface area (Å²) < 4.78 is 10.5. The second kappa shape index (κ2) is 5.38. The minimum absolute atomic E-state index is 0.0928. The van der Waals surface area contributed by atoms with Gasteiger partial charge in [-0.25, -0.2) is 0 Å². The molecule has 1 fully saturated rings. The maximum Gasteiger partial charge on any atom is 0.239 e. The van der Waals surface area contributed by atoms with E-state index in [2.05, 4.69) is 16.0 Å². The third-order valence-corrected chi connectivity index (χ3v) is 3.23. The van der Waals surface area contributed by atoms with E-state index in [-0.39, 0.29) is 31.2 Å². The first kappa shape index (κ1) is 12.7. The predicted molar refractivity (Wildman–Crippen MR) is 69.2 cm³/mol. The van der Waals surface area contributed by atoms with Crippen LogP contribution in [0, 0.1) is 0 Å². The molecule has 106 valence electrons.